The highest BCUT2D eigenvalue weighted by atomic mass is 16.4. The Kier molecular flexibility index (Phi) is 5.67. The lowest BCUT2D eigenvalue weighted by atomic mass is 10.1. The number of nitrogens with zero attached hydrogens (tertiary/aromatic N) is 1. The predicted molar refractivity (Wildman–Crippen MR) is 58.5 cm³/mol. The first-order valence-corrected chi connectivity index (χ1v) is 5.05. The summed E-state index contributed by atoms with van der Waals surface area (Å²) in [7, 11) is 0. The number of carbonyl (C=O) groups is 2. The maximum Gasteiger partial charge on any atom is 0.308 e. The largest absolute Gasteiger partial charge is 0.481 e. The molecule has 4 nitrogen and oxygen atoms in total. The van der Waals surface area contributed by atoms with Gasteiger partial charge in [0.05, 0.1) is 5.92 Å². The van der Waals surface area contributed by atoms with E-state index in [1.165, 1.54) is 11.0 Å². The van der Waals surface area contributed by atoms with Gasteiger partial charge in [-0.2, -0.15) is 0 Å². The summed E-state index contributed by atoms with van der Waals surface area (Å²) < 4.78 is 0. The van der Waals surface area contributed by atoms with E-state index in [0.717, 1.165) is 5.57 Å². The number of carbonyl (C=O) groups excluding carboxylic acids is 1. The number of likely N-dealkylation sites (N-methyl/N-ethyl adjacent to an activating group) is 1. The second kappa shape index (κ2) is 6.22. The Morgan fingerprint density at radius 1 is 1.40 bits per heavy atom. The topological polar surface area (TPSA) is 57.6 Å². The molecule has 0 aromatic heterocycles. The molecule has 4 heteroatoms. The molecular weight excluding hydrogens is 194 g/mol. The fraction of sp³-hybridized carbons (Fsp3) is 0.636. The van der Waals surface area contributed by atoms with Gasteiger partial charge in [-0.25, -0.2) is 0 Å². The number of aliphatic carboxylic acids is 1. The zero-order chi connectivity index (χ0) is 12.0. The number of hydrogen-bond donors (Lipinski definition) is 1. The smallest absolute Gasteiger partial charge is 0.308 e. The van der Waals surface area contributed by atoms with Gasteiger partial charge >= 0.3 is 5.97 Å². The highest BCUT2D eigenvalue weighted by Gasteiger charge is 2.17. The lowest BCUT2D eigenvalue weighted by Crippen LogP contribution is -2.35. The minimum Gasteiger partial charge on any atom is -0.481 e. The minimum atomic E-state index is -0.876. The summed E-state index contributed by atoms with van der Waals surface area (Å²) in [4.78, 5) is 23.8. The molecule has 0 aromatic carbocycles. The van der Waals surface area contributed by atoms with Crippen LogP contribution in [0.25, 0.3) is 0 Å². The lowest BCUT2D eigenvalue weighted by Gasteiger charge is -2.21. The summed E-state index contributed by atoms with van der Waals surface area (Å²) >= 11 is 0. The molecule has 1 amide bonds. The SMILES string of the molecule is CCN(CC(C)C(=O)O)C(=O)C=C(C)C. The third-order valence-electron chi connectivity index (χ3n) is 2.02. The maximum atomic E-state index is 11.6. The van der Waals surface area contributed by atoms with Crippen LogP contribution in [0, 0.1) is 5.92 Å². The zero-order valence-electron chi connectivity index (χ0n) is 9.78. The molecule has 0 aliphatic carbocycles. The third-order valence-corrected chi connectivity index (χ3v) is 2.02. The molecule has 0 spiro atoms. The predicted octanol–water partition coefficient (Wildman–Crippen LogP) is 1.52. The van der Waals surface area contributed by atoms with Crippen LogP contribution in [-0.4, -0.2) is 35.0 Å². The molecule has 1 atom stereocenters. The van der Waals surface area contributed by atoms with Crippen LogP contribution in [0.5, 0.6) is 0 Å². The molecule has 0 aromatic rings. The standard InChI is InChI=1S/C11H19NO3/c1-5-12(7-9(4)11(14)15)10(13)6-8(2)3/h6,9H,5,7H2,1-4H3,(H,14,15). The van der Waals surface area contributed by atoms with E-state index in [2.05, 4.69) is 0 Å². The van der Waals surface area contributed by atoms with Crippen molar-refractivity contribution in [3.63, 3.8) is 0 Å². The second-order valence-corrected chi connectivity index (χ2v) is 3.84. The van der Waals surface area contributed by atoms with Gasteiger partial charge < -0.3 is 10.0 Å². The van der Waals surface area contributed by atoms with Crippen LogP contribution in [0.3, 0.4) is 0 Å². The van der Waals surface area contributed by atoms with Crippen molar-refractivity contribution in [2.45, 2.75) is 27.7 Å². The van der Waals surface area contributed by atoms with Crippen molar-refractivity contribution in [1.29, 1.82) is 0 Å². The average Bonchev–Trinajstić information content (AvgIpc) is 2.11. The molecule has 86 valence electrons. The van der Waals surface area contributed by atoms with E-state index < -0.39 is 11.9 Å². The van der Waals surface area contributed by atoms with E-state index in [9.17, 15) is 9.59 Å². The molecule has 1 unspecified atom stereocenters. The summed E-state index contributed by atoms with van der Waals surface area (Å²) in [5.74, 6) is -1.52. The molecule has 0 aliphatic rings. The summed E-state index contributed by atoms with van der Waals surface area (Å²) in [5.41, 5.74) is 0.918. The van der Waals surface area contributed by atoms with Crippen LogP contribution in [0.15, 0.2) is 11.6 Å². The fourth-order valence-electron chi connectivity index (χ4n) is 1.12. The molecular formula is C11H19NO3. The molecule has 0 radical (unpaired) electrons. The average molecular weight is 213 g/mol. The highest BCUT2D eigenvalue weighted by Crippen LogP contribution is 2.02. The van der Waals surface area contributed by atoms with Gasteiger partial charge in [0, 0.05) is 19.2 Å². The van der Waals surface area contributed by atoms with Gasteiger partial charge in [0.2, 0.25) is 5.91 Å². The van der Waals surface area contributed by atoms with Crippen molar-refractivity contribution in [2.75, 3.05) is 13.1 Å². The van der Waals surface area contributed by atoms with Crippen LogP contribution in [0.1, 0.15) is 27.7 Å². The number of amides is 1. The Morgan fingerprint density at radius 3 is 2.27 bits per heavy atom. The molecule has 1 N–H and O–H groups in total. The molecule has 0 bridgehead atoms. The summed E-state index contributed by atoms with van der Waals surface area (Å²) in [6.07, 6.45) is 1.53. The van der Waals surface area contributed by atoms with Crippen molar-refractivity contribution < 1.29 is 14.7 Å². The maximum absolute atomic E-state index is 11.6. The number of carboxylic acids is 1. The van der Waals surface area contributed by atoms with Gasteiger partial charge in [-0.15, -0.1) is 0 Å². The van der Waals surface area contributed by atoms with Crippen LogP contribution in [0.4, 0.5) is 0 Å². The number of allylic oxidation sites excluding steroid dienone is 1. The Labute approximate surface area is 90.6 Å². The van der Waals surface area contributed by atoms with Gasteiger partial charge in [-0.3, -0.25) is 9.59 Å². The van der Waals surface area contributed by atoms with E-state index in [-0.39, 0.29) is 12.5 Å². The summed E-state index contributed by atoms with van der Waals surface area (Å²) in [6.45, 7) is 7.90. The Bertz CT molecular complexity index is 267. The van der Waals surface area contributed by atoms with E-state index in [4.69, 9.17) is 5.11 Å². The summed E-state index contributed by atoms with van der Waals surface area (Å²) in [6, 6.07) is 0. The van der Waals surface area contributed by atoms with Gasteiger partial charge in [0.25, 0.3) is 0 Å². The fourth-order valence-corrected chi connectivity index (χ4v) is 1.12. The minimum absolute atomic E-state index is 0.120. The molecule has 0 fully saturated rings. The van der Waals surface area contributed by atoms with E-state index in [0.29, 0.717) is 6.54 Å². The number of hydrogen-bond acceptors (Lipinski definition) is 2. The van der Waals surface area contributed by atoms with Gasteiger partial charge in [-0.1, -0.05) is 12.5 Å². The first-order valence-electron chi connectivity index (χ1n) is 5.05. The van der Waals surface area contributed by atoms with Crippen LogP contribution < -0.4 is 0 Å². The Balaban J connectivity index is 4.44. The lowest BCUT2D eigenvalue weighted by molar-refractivity contribution is -0.142. The van der Waals surface area contributed by atoms with Gasteiger partial charge in [0.15, 0.2) is 0 Å². The van der Waals surface area contributed by atoms with Gasteiger partial charge in [0.1, 0.15) is 0 Å². The van der Waals surface area contributed by atoms with E-state index >= 15 is 0 Å². The van der Waals surface area contributed by atoms with Crippen molar-refractivity contribution in [3.8, 4) is 0 Å². The summed E-state index contributed by atoms with van der Waals surface area (Å²) in [5, 5.41) is 8.74. The molecule has 15 heavy (non-hydrogen) atoms. The van der Waals surface area contributed by atoms with Crippen molar-refractivity contribution in [2.24, 2.45) is 5.92 Å². The van der Waals surface area contributed by atoms with E-state index in [1.54, 1.807) is 6.92 Å². The van der Waals surface area contributed by atoms with Crippen molar-refractivity contribution in [3.05, 3.63) is 11.6 Å². The second-order valence-electron chi connectivity index (χ2n) is 3.84. The molecule has 0 heterocycles. The molecule has 0 saturated carbocycles. The normalized spacial score (nSPS) is 11.7. The first kappa shape index (κ1) is 13.7. The van der Waals surface area contributed by atoms with Gasteiger partial charge in [-0.05, 0) is 20.8 Å². The quantitative estimate of drug-likeness (QED) is 0.704. The Morgan fingerprint density at radius 2 is 1.93 bits per heavy atom. The Hall–Kier alpha value is -1.32. The zero-order valence-corrected chi connectivity index (χ0v) is 9.78. The first-order chi connectivity index (χ1) is 6.88. The van der Waals surface area contributed by atoms with Crippen molar-refractivity contribution in [1.82, 2.24) is 4.90 Å². The van der Waals surface area contributed by atoms with Crippen LogP contribution in [0.2, 0.25) is 0 Å². The third kappa shape index (κ3) is 5.20. The van der Waals surface area contributed by atoms with Crippen LogP contribution in [-0.2, 0) is 9.59 Å². The molecule has 0 rings (SSSR count). The van der Waals surface area contributed by atoms with Crippen LogP contribution >= 0.6 is 0 Å². The number of rotatable bonds is 5. The van der Waals surface area contributed by atoms with E-state index in [1.807, 2.05) is 20.8 Å². The monoisotopic (exact) mass is 213 g/mol. The highest BCUT2D eigenvalue weighted by molar-refractivity contribution is 5.88. The molecule has 0 saturated heterocycles. The molecule has 0 aliphatic heterocycles. The van der Waals surface area contributed by atoms with Crippen molar-refractivity contribution >= 4 is 11.9 Å². The number of carboxylic acid groups (broad SMARTS) is 1.